The van der Waals surface area contributed by atoms with Crippen molar-refractivity contribution in [1.29, 1.82) is 0 Å². The Morgan fingerprint density at radius 1 is 0.885 bits per heavy atom. The highest BCUT2D eigenvalue weighted by Crippen LogP contribution is 2.18. The summed E-state index contributed by atoms with van der Waals surface area (Å²) < 4.78 is 0. The predicted octanol–water partition coefficient (Wildman–Crippen LogP) is 6.33. The van der Waals surface area contributed by atoms with E-state index in [2.05, 4.69) is 24.0 Å². The fraction of sp³-hybridized carbons (Fsp3) is 0.565. The zero-order valence-electron chi connectivity index (χ0n) is 16.2. The van der Waals surface area contributed by atoms with E-state index in [0.29, 0.717) is 5.69 Å². The third-order valence-corrected chi connectivity index (χ3v) is 4.96. The van der Waals surface area contributed by atoms with Gasteiger partial charge in [-0.15, -0.1) is 0 Å². The molecule has 0 saturated heterocycles. The summed E-state index contributed by atoms with van der Waals surface area (Å²) in [4.78, 5) is 15.2. The van der Waals surface area contributed by atoms with Gasteiger partial charge in [0, 0.05) is 5.39 Å². The van der Waals surface area contributed by atoms with Crippen molar-refractivity contribution in [3.8, 4) is 0 Å². The molecule has 0 aliphatic rings. The zero-order chi connectivity index (χ0) is 18.6. The Morgan fingerprint density at radius 2 is 1.54 bits per heavy atom. The van der Waals surface area contributed by atoms with E-state index >= 15 is 0 Å². The summed E-state index contributed by atoms with van der Waals surface area (Å²) >= 11 is 0. The third kappa shape index (κ3) is 7.55. The SMILES string of the molecule is CCCCCCCCCCCCc1ccc2nc(CC(=O)O)ccc2c1. The van der Waals surface area contributed by atoms with Crippen LogP contribution in [0.15, 0.2) is 30.3 Å². The van der Waals surface area contributed by atoms with Crippen molar-refractivity contribution >= 4 is 16.9 Å². The van der Waals surface area contributed by atoms with Crippen molar-refractivity contribution < 1.29 is 9.90 Å². The molecular weight excluding hydrogens is 322 g/mol. The fourth-order valence-corrected chi connectivity index (χ4v) is 3.44. The van der Waals surface area contributed by atoms with Crippen molar-refractivity contribution in [3.63, 3.8) is 0 Å². The Morgan fingerprint density at radius 3 is 2.19 bits per heavy atom. The van der Waals surface area contributed by atoms with E-state index < -0.39 is 5.97 Å². The number of hydrogen-bond acceptors (Lipinski definition) is 2. The Labute approximate surface area is 157 Å². The molecule has 1 heterocycles. The number of carbonyl (C=O) groups is 1. The summed E-state index contributed by atoms with van der Waals surface area (Å²) in [5, 5.41) is 9.97. The monoisotopic (exact) mass is 355 g/mol. The van der Waals surface area contributed by atoms with Crippen LogP contribution in [0.25, 0.3) is 10.9 Å². The number of pyridine rings is 1. The van der Waals surface area contributed by atoms with E-state index in [-0.39, 0.29) is 6.42 Å². The highest BCUT2D eigenvalue weighted by molar-refractivity contribution is 5.80. The Bertz CT molecular complexity index is 681. The Kier molecular flexibility index (Phi) is 9.16. The predicted molar refractivity (Wildman–Crippen MR) is 109 cm³/mol. The van der Waals surface area contributed by atoms with Crippen LogP contribution in [0.3, 0.4) is 0 Å². The summed E-state index contributed by atoms with van der Waals surface area (Å²) in [6.45, 7) is 2.27. The number of unbranched alkanes of at least 4 members (excludes halogenated alkanes) is 9. The van der Waals surface area contributed by atoms with E-state index in [0.717, 1.165) is 17.3 Å². The third-order valence-electron chi connectivity index (χ3n) is 4.96. The maximum absolute atomic E-state index is 10.8. The molecule has 3 nitrogen and oxygen atoms in total. The lowest BCUT2D eigenvalue weighted by atomic mass is 10.0. The van der Waals surface area contributed by atoms with E-state index in [4.69, 9.17) is 5.11 Å². The van der Waals surface area contributed by atoms with Crippen molar-refractivity contribution in [2.45, 2.75) is 84.0 Å². The van der Waals surface area contributed by atoms with Gasteiger partial charge in [0.1, 0.15) is 0 Å². The van der Waals surface area contributed by atoms with Crippen LogP contribution in [0.5, 0.6) is 0 Å². The van der Waals surface area contributed by atoms with Gasteiger partial charge in [-0.05, 0) is 36.6 Å². The largest absolute Gasteiger partial charge is 0.481 e. The molecule has 26 heavy (non-hydrogen) atoms. The second-order valence-corrected chi connectivity index (χ2v) is 7.33. The average Bonchev–Trinajstić information content (AvgIpc) is 2.63. The molecular formula is C23H33NO2. The smallest absolute Gasteiger partial charge is 0.309 e. The lowest BCUT2D eigenvalue weighted by Gasteiger charge is -2.06. The number of benzene rings is 1. The van der Waals surface area contributed by atoms with E-state index in [1.54, 1.807) is 0 Å². The lowest BCUT2D eigenvalue weighted by molar-refractivity contribution is -0.136. The molecule has 0 bridgehead atoms. The summed E-state index contributed by atoms with van der Waals surface area (Å²) in [5.41, 5.74) is 2.85. The van der Waals surface area contributed by atoms with Crippen LogP contribution < -0.4 is 0 Å². The molecule has 142 valence electrons. The van der Waals surface area contributed by atoms with Crippen LogP contribution in [0.1, 0.15) is 82.4 Å². The zero-order valence-corrected chi connectivity index (χ0v) is 16.2. The summed E-state index contributed by atoms with van der Waals surface area (Å²) in [6.07, 6.45) is 14.7. The van der Waals surface area contributed by atoms with Crippen LogP contribution >= 0.6 is 0 Å². The molecule has 1 aromatic carbocycles. The van der Waals surface area contributed by atoms with Gasteiger partial charge in [0.2, 0.25) is 0 Å². The number of nitrogens with zero attached hydrogens (tertiary/aromatic N) is 1. The van der Waals surface area contributed by atoms with Gasteiger partial charge in [-0.1, -0.05) is 76.8 Å². The second-order valence-electron chi connectivity index (χ2n) is 7.33. The molecule has 0 atom stereocenters. The first kappa shape index (κ1) is 20.4. The van der Waals surface area contributed by atoms with E-state index in [1.807, 2.05) is 18.2 Å². The van der Waals surface area contributed by atoms with Crippen molar-refractivity contribution in [2.75, 3.05) is 0 Å². The van der Waals surface area contributed by atoms with Gasteiger partial charge in [-0.2, -0.15) is 0 Å². The first-order chi connectivity index (χ1) is 12.7. The molecule has 0 aliphatic carbocycles. The fourth-order valence-electron chi connectivity index (χ4n) is 3.44. The van der Waals surface area contributed by atoms with Crippen molar-refractivity contribution in [1.82, 2.24) is 4.98 Å². The van der Waals surface area contributed by atoms with Crippen molar-refractivity contribution in [2.24, 2.45) is 0 Å². The topological polar surface area (TPSA) is 50.2 Å². The molecule has 0 amide bonds. The highest BCUT2D eigenvalue weighted by atomic mass is 16.4. The maximum atomic E-state index is 10.8. The van der Waals surface area contributed by atoms with Gasteiger partial charge in [-0.25, -0.2) is 0 Å². The van der Waals surface area contributed by atoms with Crippen LogP contribution in [-0.2, 0) is 17.6 Å². The number of aromatic nitrogens is 1. The Balaban J connectivity index is 1.66. The van der Waals surface area contributed by atoms with Crippen molar-refractivity contribution in [3.05, 3.63) is 41.6 Å². The van der Waals surface area contributed by atoms with Gasteiger partial charge < -0.3 is 5.11 Å². The van der Waals surface area contributed by atoms with Gasteiger partial charge >= 0.3 is 5.97 Å². The van der Waals surface area contributed by atoms with E-state index in [9.17, 15) is 4.79 Å². The number of hydrogen-bond donors (Lipinski definition) is 1. The molecule has 1 N–H and O–H groups in total. The standard InChI is InChI=1S/C23H33NO2/c1-2-3-4-5-6-7-8-9-10-11-12-19-13-16-22-20(17-19)14-15-21(24-22)18-23(25)26/h13-17H,2-12,18H2,1H3,(H,25,26). The van der Waals surface area contributed by atoms with E-state index in [1.165, 1.54) is 69.8 Å². The molecule has 2 aromatic rings. The molecule has 2 rings (SSSR count). The lowest BCUT2D eigenvalue weighted by Crippen LogP contribution is -2.02. The minimum Gasteiger partial charge on any atom is -0.481 e. The summed E-state index contributed by atoms with van der Waals surface area (Å²) in [7, 11) is 0. The molecule has 0 radical (unpaired) electrons. The minimum absolute atomic E-state index is 0.0176. The quantitative estimate of drug-likeness (QED) is 0.427. The van der Waals surface area contributed by atoms with Crippen LogP contribution in [0, 0.1) is 0 Å². The van der Waals surface area contributed by atoms with Crippen LogP contribution in [0.2, 0.25) is 0 Å². The molecule has 0 aliphatic heterocycles. The van der Waals surface area contributed by atoms with Gasteiger partial charge in [-0.3, -0.25) is 9.78 Å². The molecule has 0 fully saturated rings. The van der Waals surface area contributed by atoms with Gasteiger partial charge in [0.15, 0.2) is 0 Å². The molecule has 0 saturated carbocycles. The van der Waals surface area contributed by atoms with Gasteiger partial charge in [0.25, 0.3) is 0 Å². The van der Waals surface area contributed by atoms with Crippen LogP contribution in [0.4, 0.5) is 0 Å². The number of carboxylic acid groups (broad SMARTS) is 1. The summed E-state index contributed by atoms with van der Waals surface area (Å²) in [5.74, 6) is -0.838. The number of aryl methyl sites for hydroxylation is 1. The minimum atomic E-state index is -0.838. The average molecular weight is 356 g/mol. The van der Waals surface area contributed by atoms with Crippen LogP contribution in [-0.4, -0.2) is 16.1 Å². The molecule has 1 aromatic heterocycles. The number of fused-ring (bicyclic) bond motifs is 1. The van der Waals surface area contributed by atoms with Gasteiger partial charge in [0.05, 0.1) is 17.6 Å². The highest BCUT2D eigenvalue weighted by Gasteiger charge is 2.04. The first-order valence-electron chi connectivity index (χ1n) is 10.3. The first-order valence-corrected chi connectivity index (χ1v) is 10.3. The maximum Gasteiger partial charge on any atom is 0.309 e. The number of rotatable bonds is 13. The summed E-state index contributed by atoms with van der Waals surface area (Å²) in [6, 6.07) is 10.2. The molecule has 3 heteroatoms. The normalized spacial score (nSPS) is 11.1. The number of carboxylic acids is 1. The Hall–Kier alpha value is -1.90. The molecule has 0 spiro atoms. The second kappa shape index (κ2) is 11.7. The number of aliphatic carboxylic acids is 1. The molecule has 0 unspecified atom stereocenters.